The minimum atomic E-state index is -3.64. The molecule has 1 aromatic heterocycles. The van der Waals surface area contributed by atoms with Crippen LogP contribution in [0.25, 0.3) is 11.0 Å². The summed E-state index contributed by atoms with van der Waals surface area (Å²) in [5.41, 5.74) is 5.97. The molecule has 0 radical (unpaired) electrons. The van der Waals surface area contributed by atoms with Gasteiger partial charge in [-0.3, -0.25) is 4.57 Å². The first-order valence-electron chi connectivity index (χ1n) is 7.72. The smallest absolute Gasteiger partial charge is 0.324 e. The minimum Gasteiger partial charge on any atom is -0.324 e. The van der Waals surface area contributed by atoms with E-state index in [2.05, 4.69) is 20.6 Å². The first-order valence-corrected chi connectivity index (χ1v) is 9.21. The Morgan fingerprint density at radius 2 is 2.08 bits per heavy atom. The molecule has 1 saturated carbocycles. The third kappa shape index (κ3) is 2.66. The summed E-state index contributed by atoms with van der Waals surface area (Å²) in [4.78, 5) is 15.0. The fourth-order valence-corrected chi connectivity index (χ4v) is 4.23. The number of aromatic amines is 1. The number of benzene rings is 1. The van der Waals surface area contributed by atoms with E-state index in [1.807, 2.05) is 6.92 Å². The molecule has 1 aromatic carbocycles. The molecule has 0 spiro atoms. The van der Waals surface area contributed by atoms with E-state index in [0.29, 0.717) is 11.0 Å². The Kier molecular flexibility index (Phi) is 3.38. The second kappa shape index (κ2) is 5.14. The number of nitrogens with zero attached hydrogens (tertiary/aromatic N) is 1. The summed E-state index contributed by atoms with van der Waals surface area (Å²) in [6.45, 7) is 3.67. The van der Waals surface area contributed by atoms with E-state index < -0.39 is 16.4 Å². The van der Waals surface area contributed by atoms with Crippen LogP contribution in [-0.2, 0) is 14.8 Å². The highest BCUT2D eigenvalue weighted by Crippen LogP contribution is 2.36. The molecule has 0 bridgehead atoms. The molecule has 2 atom stereocenters. The average Bonchev–Trinajstić information content (AvgIpc) is 2.92. The summed E-state index contributed by atoms with van der Waals surface area (Å²) in [5, 5.41) is 0. The molecule has 1 aliphatic heterocycles. The van der Waals surface area contributed by atoms with Crippen molar-refractivity contribution in [1.82, 2.24) is 25.1 Å². The van der Waals surface area contributed by atoms with Crippen molar-refractivity contribution in [3.63, 3.8) is 0 Å². The number of fused-ring (bicyclic) bond motifs is 1. The number of ether oxygens (including phenoxy) is 1. The lowest BCUT2D eigenvalue weighted by Crippen LogP contribution is -2.35. The van der Waals surface area contributed by atoms with Crippen molar-refractivity contribution in [2.24, 2.45) is 0 Å². The third-order valence-corrected chi connectivity index (χ3v) is 5.99. The van der Waals surface area contributed by atoms with Gasteiger partial charge in [-0.2, -0.15) is 0 Å². The molecule has 130 valence electrons. The van der Waals surface area contributed by atoms with Crippen LogP contribution in [0.5, 0.6) is 0 Å². The van der Waals surface area contributed by atoms with E-state index in [9.17, 15) is 13.2 Å². The zero-order chi connectivity index (χ0) is 17.1. The van der Waals surface area contributed by atoms with Crippen molar-refractivity contribution in [2.45, 2.75) is 49.7 Å². The topological polar surface area (TPSA) is 117 Å². The summed E-state index contributed by atoms with van der Waals surface area (Å²) < 4.78 is 34.7. The van der Waals surface area contributed by atoms with Gasteiger partial charge in [0, 0.05) is 5.54 Å². The summed E-state index contributed by atoms with van der Waals surface area (Å²) in [6, 6.07) is 4.55. The lowest BCUT2D eigenvalue weighted by atomic mass is 10.3. The highest BCUT2D eigenvalue weighted by molar-refractivity contribution is 7.89. The van der Waals surface area contributed by atoms with E-state index in [0.717, 1.165) is 12.8 Å². The van der Waals surface area contributed by atoms with Crippen LogP contribution >= 0.6 is 0 Å². The Morgan fingerprint density at radius 3 is 2.71 bits per heavy atom. The van der Waals surface area contributed by atoms with Gasteiger partial charge < -0.3 is 9.72 Å². The molecular formula is C14H19N5O4S. The number of nitrogens with one attached hydrogen (secondary N) is 4. The lowest BCUT2D eigenvalue weighted by Gasteiger charge is -2.14. The number of hydrogen-bond donors (Lipinski definition) is 4. The molecule has 4 N–H and O–H groups in total. The molecular weight excluding hydrogens is 334 g/mol. The Morgan fingerprint density at radius 1 is 1.33 bits per heavy atom. The van der Waals surface area contributed by atoms with Crippen LogP contribution in [0.15, 0.2) is 27.9 Å². The van der Waals surface area contributed by atoms with Gasteiger partial charge in [0.1, 0.15) is 6.23 Å². The Hall–Kier alpha value is -1.72. The van der Waals surface area contributed by atoms with E-state index in [4.69, 9.17) is 4.74 Å². The number of sulfonamides is 1. The number of hydrogen-bond acceptors (Lipinski definition) is 6. The minimum absolute atomic E-state index is 0.120. The van der Waals surface area contributed by atoms with Crippen LogP contribution < -0.4 is 21.3 Å². The van der Waals surface area contributed by atoms with Gasteiger partial charge in [0.15, 0.2) is 0 Å². The van der Waals surface area contributed by atoms with Crippen LogP contribution in [0.3, 0.4) is 0 Å². The standard InChI is InChI=1S/C14H19N5O4S/c1-8-16-17-13(23-8)19-11-7-9(3-4-10(11)15-12(19)20)24(21,22)18-14(2)5-6-14/h3-4,7-8,13,16-18H,5-6H2,1-2H3,(H,15,20). The van der Waals surface area contributed by atoms with Crippen LogP contribution in [0, 0.1) is 0 Å². The molecule has 1 saturated heterocycles. The molecule has 2 aliphatic rings. The lowest BCUT2D eigenvalue weighted by molar-refractivity contribution is 0.00133. The van der Waals surface area contributed by atoms with Gasteiger partial charge in [0.2, 0.25) is 16.4 Å². The van der Waals surface area contributed by atoms with Crippen LogP contribution in [0.2, 0.25) is 0 Å². The van der Waals surface area contributed by atoms with Crippen molar-refractivity contribution in [2.75, 3.05) is 0 Å². The molecule has 1 aliphatic carbocycles. The van der Waals surface area contributed by atoms with Gasteiger partial charge in [0.05, 0.1) is 15.9 Å². The predicted octanol–water partition coefficient (Wildman–Crippen LogP) is 0.0869. The maximum Gasteiger partial charge on any atom is 0.329 e. The fraction of sp³-hybridized carbons (Fsp3) is 0.500. The molecule has 2 aromatic rings. The normalized spacial score (nSPS) is 26.1. The van der Waals surface area contributed by atoms with Crippen LogP contribution in [0.4, 0.5) is 0 Å². The first-order chi connectivity index (χ1) is 11.3. The van der Waals surface area contributed by atoms with Gasteiger partial charge in [-0.25, -0.2) is 28.8 Å². The molecule has 10 heteroatoms. The van der Waals surface area contributed by atoms with E-state index in [1.54, 1.807) is 13.0 Å². The van der Waals surface area contributed by atoms with E-state index in [1.165, 1.54) is 16.7 Å². The van der Waals surface area contributed by atoms with Crippen molar-refractivity contribution in [3.8, 4) is 0 Å². The van der Waals surface area contributed by atoms with E-state index in [-0.39, 0.29) is 22.4 Å². The second-order valence-corrected chi connectivity index (χ2v) is 8.25. The maximum atomic E-state index is 12.6. The molecule has 24 heavy (non-hydrogen) atoms. The first kappa shape index (κ1) is 15.8. The van der Waals surface area contributed by atoms with Crippen molar-refractivity contribution < 1.29 is 13.2 Å². The number of aromatic nitrogens is 2. The summed E-state index contributed by atoms with van der Waals surface area (Å²) in [6.07, 6.45) is 0.669. The molecule has 9 nitrogen and oxygen atoms in total. The number of hydrazine groups is 1. The highest BCUT2D eigenvalue weighted by Gasteiger charge is 2.41. The van der Waals surface area contributed by atoms with Gasteiger partial charge in [-0.15, -0.1) is 0 Å². The molecule has 4 rings (SSSR count). The molecule has 2 unspecified atom stereocenters. The highest BCUT2D eigenvalue weighted by atomic mass is 32.2. The second-order valence-electron chi connectivity index (χ2n) is 6.56. The molecule has 2 heterocycles. The van der Waals surface area contributed by atoms with Crippen molar-refractivity contribution >= 4 is 21.1 Å². The van der Waals surface area contributed by atoms with Gasteiger partial charge >= 0.3 is 5.69 Å². The molecule has 0 amide bonds. The predicted molar refractivity (Wildman–Crippen MR) is 86.4 cm³/mol. The van der Waals surface area contributed by atoms with Crippen molar-refractivity contribution in [3.05, 3.63) is 28.7 Å². The Bertz CT molecular complexity index is 959. The van der Waals surface area contributed by atoms with Gasteiger partial charge in [-0.1, -0.05) is 0 Å². The zero-order valence-corrected chi connectivity index (χ0v) is 14.1. The number of imidazole rings is 1. The SMILES string of the molecule is CC1NNC(n2c(=O)[nH]c3ccc(S(=O)(=O)NC4(C)CC4)cc32)O1. The third-order valence-electron chi connectivity index (χ3n) is 4.36. The van der Waals surface area contributed by atoms with E-state index >= 15 is 0 Å². The zero-order valence-electron chi connectivity index (χ0n) is 13.3. The number of rotatable bonds is 4. The largest absolute Gasteiger partial charge is 0.329 e. The maximum absolute atomic E-state index is 12.6. The van der Waals surface area contributed by atoms with Crippen molar-refractivity contribution in [1.29, 1.82) is 0 Å². The average molecular weight is 353 g/mol. The Balaban J connectivity index is 1.78. The van der Waals surface area contributed by atoms with Crippen LogP contribution in [0.1, 0.15) is 33.0 Å². The summed E-state index contributed by atoms with van der Waals surface area (Å²) in [5.74, 6) is 0. The fourth-order valence-electron chi connectivity index (χ4n) is 2.75. The monoisotopic (exact) mass is 353 g/mol. The van der Waals surface area contributed by atoms with Crippen LogP contribution in [-0.4, -0.2) is 29.7 Å². The summed E-state index contributed by atoms with van der Waals surface area (Å²) in [7, 11) is -3.64. The summed E-state index contributed by atoms with van der Waals surface area (Å²) >= 11 is 0. The van der Waals surface area contributed by atoms with Gasteiger partial charge in [-0.05, 0) is 44.9 Å². The molecule has 2 fully saturated rings. The quantitative estimate of drug-likeness (QED) is 0.619. The van der Waals surface area contributed by atoms with Gasteiger partial charge in [0.25, 0.3) is 0 Å². The number of H-pyrrole nitrogens is 1. The Labute approximate surface area is 138 Å².